The maximum atomic E-state index is 12.1. The average molecular weight is 290 g/mol. The highest BCUT2D eigenvalue weighted by molar-refractivity contribution is 5.95. The zero-order valence-corrected chi connectivity index (χ0v) is 12.5. The quantitative estimate of drug-likeness (QED) is 0.797. The molecule has 0 saturated heterocycles. The monoisotopic (exact) mass is 290 g/mol. The maximum Gasteiger partial charge on any atom is 0.227 e. The highest BCUT2D eigenvalue weighted by Gasteiger charge is 2.33. The first-order chi connectivity index (χ1) is 9.89. The van der Waals surface area contributed by atoms with Crippen molar-refractivity contribution in [2.45, 2.75) is 51.6 Å². The van der Waals surface area contributed by atoms with Crippen molar-refractivity contribution in [3.63, 3.8) is 0 Å². The van der Waals surface area contributed by atoms with Crippen LogP contribution in [0.3, 0.4) is 0 Å². The SMILES string of the molecule is CC(=O)Nc1cccc(NC(=O)CC2(O)CCCC2)c1C. The minimum atomic E-state index is -0.854. The summed E-state index contributed by atoms with van der Waals surface area (Å²) in [6.45, 7) is 3.28. The molecule has 5 nitrogen and oxygen atoms in total. The van der Waals surface area contributed by atoms with Crippen LogP contribution >= 0.6 is 0 Å². The van der Waals surface area contributed by atoms with Gasteiger partial charge in [-0.25, -0.2) is 0 Å². The Bertz CT molecular complexity index is 548. The van der Waals surface area contributed by atoms with Gasteiger partial charge in [-0.05, 0) is 37.5 Å². The van der Waals surface area contributed by atoms with Crippen molar-refractivity contribution in [1.82, 2.24) is 0 Å². The molecule has 0 heterocycles. The molecule has 1 fully saturated rings. The molecule has 0 unspecified atom stereocenters. The van der Waals surface area contributed by atoms with Crippen LogP contribution in [0.1, 0.15) is 44.6 Å². The third-order valence-corrected chi connectivity index (χ3v) is 3.94. The zero-order valence-electron chi connectivity index (χ0n) is 12.5. The Balaban J connectivity index is 2.05. The van der Waals surface area contributed by atoms with E-state index < -0.39 is 5.60 Å². The maximum absolute atomic E-state index is 12.1. The van der Waals surface area contributed by atoms with Gasteiger partial charge in [0.15, 0.2) is 0 Å². The molecule has 21 heavy (non-hydrogen) atoms. The third-order valence-electron chi connectivity index (χ3n) is 3.94. The van der Waals surface area contributed by atoms with Crippen LogP contribution in [-0.2, 0) is 9.59 Å². The van der Waals surface area contributed by atoms with Gasteiger partial charge < -0.3 is 15.7 Å². The Hall–Kier alpha value is -1.88. The Morgan fingerprint density at radius 3 is 2.33 bits per heavy atom. The van der Waals surface area contributed by atoms with Crippen LogP contribution in [0.25, 0.3) is 0 Å². The predicted molar refractivity (Wildman–Crippen MR) is 82.1 cm³/mol. The number of hydrogen-bond acceptors (Lipinski definition) is 3. The van der Waals surface area contributed by atoms with Gasteiger partial charge in [0.05, 0.1) is 12.0 Å². The van der Waals surface area contributed by atoms with Crippen molar-refractivity contribution < 1.29 is 14.7 Å². The number of carbonyl (C=O) groups is 2. The van der Waals surface area contributed by atoms with Gasteiger partial charge in [0.1, 0.15) is 0 Å². The Morgan fingerprint density at radius 1 is 1.19 bits per heavy atom. The van der Waals surface area contributed by atoms with Gasteiger partial charge in [-0.15, -0.1) is 0 Å². The second kappa shape index (κ2) is 6.26. The lowest BCUT2D eigenvalue weighted by Gasteiger charge is -2.21. The highest BCUT2D eigenvalue weighted by Crippen LogP contribution is 2.33. The van der Waals surface area contributed by atoms with Gasteiger partial charge >= 0.3 is 0 Å². The molecular formula is C16H22N2O3. The molecule has 114 valence electrons. The summed E-state index contributed by atoms with van der Waals surface area (Å²) in [6.07, 6.45) is 3.44. The van der Waals surface area contributed by atoms with E-state index in [9.17, 15) is 14.7 Å². The number of anilines is 2. The zero-order chi connectivity index (χ0) is 15.5. The molecule has 1 aliphatic carbocycles. The fourth-order valence-corrected chi connectivity index (χ4v) is 2.80. The minimum absolute atomic E-state index is 0.122. The number of carbonyl (C=O) groups excluding carboxylic acids is 2. The highest BCUT2D eigenvalue weighted by atomic mass is 16.3. The largest absolute Gasteiger partial charge is 0.389 e. The number of hydrogen-bond donors (Lipinski definition) is 3. The van der Waals surface area contributed by atoms with Gasteiger partial charge in [-0.3, -0.25) is 9.59 Å². The molecule has 5 heteroatoms. The number of benzene rings is 1. The smallest absolute Gasteiger partial charge is 0.227 e. The minimum Gasteiger partial charge on any atom is -0.389 e. The standard InChI is InChI=1S/C16H22N2O3/c1-11-13(17-12(2)19)6-5-7-14(11)18-15(20)10-16(21)8-3-4-9-16/h5-7,21H,3-4,8-10H2,1-2H3,(H,17,19)(H,18,20). The Labute approximate surface area is 124 Å². The van der Waals surface area contributed by atoms with E-state index in [4.69, 9.17) is 0 Å². The van der Waals surface area contributed by atoms with Crippen molar-refractivity contribution in [2.24, 2.45) is 0 Å². The summed E-state index contributed by atoms with van der Waals surface area (Å²) >= 11 is 0. The molecular weight excluding hydrogens is 268 g/mol. The molecule has 2 amide bonds. The number of aliphatic hydroxyl groups is 1. The molecule has 1 aliphatic rings. The van der Waals surface area contributed by atoms with Gasteiger partial charge in [0.25, 0.3) is 0 Å². The summed E-state index contributed by atoms with van der Waals surface area (Å²) in [5.41, 5.74) is 1.29. The first-order valence-corrected chi connectivity index (χ1v) is 7.29. The van der Waals surface area contributed by atoms with Gasteiger partial charge in [0.2, 0.25) is 11.8 Å². The first-order valence-electron chi connectivity index (χ1n) is 7.29. The van der Waals surface area contributed by atoms with Crippen LogP contribution in [0.5, 0.6) is 0 Å². The summed E-state index contributed by atoms with van der Waals surface area (Å²) in [5.74, 6) is -0.343. The van der Waals surface area contributed by atoms with E-state index in [1.807, 2.05) is 6.92 Å². The summed E-state index contributed by atoms with van der Waals surface area (Å²) < 4.78 is 0. The van der Waals surface area contributed by atoms with Gasteiger partial charge in [0, 0.05) is 18.3 Å². The summed E-state index contributed by atoms with van der Waals surface area (Å²) in [4.78, 5) is 23.2. The van der Waals surface area contributed by atoms with E-state index in [-0.39, 0.29) is 18.2 Å². The van der Waals surface area contributed by atoms with Crippen LogP contribution in [0.4, 0.5) is 11.4 Å². The lowest BCUT2D eigenvalue weighted by atomic mass is 9.97. The Kier molecular flexibility index (Phi) is 4.63. The molecule has 0 radical (unpaired) electrons. The van der Waals surface area contributed by atoms with E-state index in [1.54, 1.807) is 18.2 Å². The molecule has 1 aromatic rings. The molecule has 1 saturated carbocycles. The molecule has 0 aliphatic heterocycles. The molecule has 1 aromatic carbocycles. The van der Waals surface area contributed by atoms with E-state index in [1.165, 1.54) is 6.92 Å². The topological polar surface area (TPSA) is 78.4 Å². The normalized spacial score (nSPS) is 16.5. The van der Waals surface area contributed by atoms with Gasteiger partial charge in [-0.2, -0.15) is 0 Å². The van der Waals surface area contributed by atoms with Crippen molar-refractivity contribution in [3.05, 3.63) is 23.8 Å². The van der Waals surface area contributed by atoms with Crippen LogP contribution in [0.2, 0.25) is 0 Å². The fraction of sp³-hybridized carbons (Fsp3) is 0.500. The lowest BCUT2D eigenvalue weighted by molar-refractivity contribution is -0.120. The van der Waals surface area contributed by atoms with Crippen molar-refractivity contribution in [1.29, 1.82) is 0 Å². The Morgan fingerprint density at radius 2 is 1.76 bits per heavy atom. The van der Waals surface area contributed by atoms with Crippen LogP contribution in [-0.4, -0.2) is 22.5 Å². The second-order valence-corrected chi connectivity index (χ2v) is 5.82. The van der Waals surface area contributed by atoms with Crippen LogP contribution < -0.4 is 10.6 Å². The predicted octanol–water partition coefficient (Wildman–Crippen LogP) is 2.59. The van der Waals surface area contributed by atoms with E-state index in [2.05, 4.69) is 10.6 Å². The first kappa shape index (κ1) is 15.5. The van der Waals surface area contributed by atoms with E-state index in [0.29, 0.717) is 24.2 Å². The van der Waals surface area contributed by atoms with Crippen molar-refractivity contribution >= 4 is 23.2 Å². The average Bonchev–Trinajstić information content (AvgIpc) is 2.80. The van der Waals surface area contributed by atoms with E-state index in [0.717, 1.165) is 18.4 Å². The lowest BCUT2D eigenvalue weighted by Crippen LogP contribution is -2.30. The fourth-order valence-electron chi connectivity index (χ4n) is 2.80. The number of nitrogens with one attached hydrogen (secondary N) is 2. The molecule has 0 aromatic heterocycles. The summed E-state index contributed by atoms with van der Waals surface area (Å²) in [6, 6.07) is 5.35. The molecule has 0 bridgehead atoms. The van der Waals surface area contributed by atoms with Crippen molar-refractivity contribution in [2.75, 3.05) is 10.6 Å². The van der Waals surface area contributed by atoms with Crippen LogP contribution in [0, 0.1) is 6.92 Å². The molecule has 0 spiro atoms. The molecule has 0 atom stereocenters. The van der Waals surface area contributed by atoms with Crippen LogP contribution in [0.15, 0.2) is 18.2 Å². The number of rotatable bonds is 4. The third kappa shape index (κ3) is 4.04. The van der Waals surface area contributed by atoms with Gasteiger partial charge in [-0.1, -0.05) is 18.9 Å². The molecule has 2 rings (SSSR count). The summed E-state index contributed by atoms with van der Waals surface area (Å²) in [5, 5.41) is 15.8. The number of amides is 2. The van der Waals surface area contributed by atoms with Crippen molar-refractivity contribution in [3.8, 4) is 0 Å². The second-order valence-electron chi connectivity index (χ2n) is 5.82. The van der Waals surface area contributed by atoms with E-state index >= 15 is 0 Å². The summed E-state index contributed by atoms with van der Waals surface area (Å²) in [7, 11) is 0. The molecule has 3 N–H and O–H groups in total.